The Morgan fingerprint density at radius 2 is 1.67 bits per heavy atom. The van der Waals surface area contributed by atoms with E-state index in [1.165, 1.54) is 0 Å². The molecule has 0 aliphatic heterocycles. The van der Waals surface area contributed by atoms with E-state index < -0.39 is 5.97 Å². The van der Waals surface area contributed by atoms with Gasteiger partial charge in [-0.15, -0.1) is 0 Å². The molecule has 0 unspecified atom stereocenters. The number of aliphatic carboxylic acids is 1. The van der Waals surface area contributed by atoms with Crippen LogP contribution in [0.4, 0.5) is 0 Å². The molecule has 0 fully saturated rings. The number of carbonyl (C=O) groups is 1. The molecule has 0 aromatic heterocycles. The zero-order valence-electron chi connectivity index (χ0n) is 3.26. The van der Waals surface area contributed by atoms with Crippen LogP contribution in [0.2, 0.25) is 0 Å². The molecule has 3 nitrogen and oxygen atoms in total. The minimum absolute atomic E-state index is 0.0556. The van der Waals surface area contributed by atoms with Gasteiger partial charge in [0.25, 0.3) is 5.97 Å². The fourth-order valence-corrected chi connectivity index (χ4v) is 0. The van der Waals surface area contributed by atoms with Gasteiger partial charge in [-0.2, -0.15) is 0 Å². The normalized spacial score (nSPS) is 4.83. The second-order valence-electron chi connectivity index (χ2n) is 0.519. The molecule has 1 N–H and O–H groups in total. The van der Waals surface area contributed by atoms with E-state index in [4.69, 9.17) is 12.7 Å². The molecule has 0 spiro atoms. The van der Waals surface area contributed by atoms with Crippen LogP contribution in [0.3, 0.4) is 0 Å². The van der Waals surface area contributed by atoms with Crippen LogP contribution >= 0.6 is 0 Å². The molecule has 0 amide bonds. The quantitative estimate of drug-likeness (QED) is 0.601. The van der Waals surface area contributed by atoms with Crippen molar-refractivity contribution in [2.75, 3.05) is 0 Å². The van der Waals surface area contributed by atoms with E-state index in [0.717, 1.165) is 6.92 Å². The zero-order chi connectivity index (χ0) is 5.58. The van der Waals surface area contributed by atoms with Crippen LogP contribution < -0.4 is 0 Å². The van der Waals surface area contributed by atoms with E-state index in [2.05, 4.69) is 0 Å². The monoisotopic (exact) mass is 286 g/mol. The Labute approximate surface area is 50.6 Å². The second-order valence-corrected chi connectivity index (χ2v) is 0.519. The van der Waals surface area contributed by atoms with Crippen molar-refractivity contribution in [3.63, 3.8) is 0 Å². The molecule has 0 aromatic carbocycles. The summed E-state index contributed by atoms with van der Waals surface area (Å²) >= 11 is 0.0556. The molecule has 0 heterocycles. The van der Waals surface area contributed by atoms with Crippen molar-refractivity contribution in [1.82, 2.24) is 0 Å². The molecule has 0 bridgehead atoms. The van der Waals surface area contributed by atoms with Gasteiger partial charge in [0.05, 0.1) is 0 Å². The summed E-state index contributed by atoms with van der Waals surface area (Å²) in [6.45, 7) is 1.08. The van der Waals surface area contributed by atoms with Gasteiger partial charge < -0.3 is 5.11 Å². The van der Waals surface area contributed by atoms with Gasteiger partial charge in [0.15, 0.2) is 0 Å². The molecule has 36 valence electrons. The van der Waals surface area contributed by atoms with Crippen molar-refractivity contribution in [3.8, 4) is 0 Å². The molecule has 6 heavy (non-hydrogen) atoms. The Bertz CT molecular complexity index is 40.1. The Hall–Kier alpha value is 0.153. The first-order valence-electron chi connectivity index (χ1n) is 1.13. The molecule has 0 saturated carbocycles. The maximum atomic E-state index is 9.00. The van der Waals surface area contributed by atoms with Crippen molar-refractivity contribution in [2.45, 2.75) is 6.92 Å². The molecular formula is C2H5BiO3. The molecule has 4 heteroatoms. The summed E-state index contributed by atoms with van der Waals surface area (Å²) in [5.41, 5.74) is 0. The first kappa shape index (κ1) is 9.47. The third-order valence-corrected chi connectivity index (χ3v) is 0. The molecule has 0 aliphatic carbocycles. The third-order valence-electron chi connectivity index (χ3n) is 0. The summed E-state index contributed by atoms with van der Waals surface area (Å²) in [6.07, 6.45) is 0. The predicted octanol–water partition coefficient (Wildman–Crippen LogP) is -0.676. The summed E-state index contributed by atoms with van der Waals surface area (Å²) in [4.78, 5) is 9.00. The van der Waals surface area contributed by atoms with Gasteiger partial charge in [0.2, 0.25) is 0 Å². The summed E-state index contributed by atoms with van der Waals surface area (Å²) < 4.78 is 8.39. The molecule has 0 aliphatic rings. The summed E-state index contributed by atoms with van der Waals surface area (Å²) in [6, 6.07) is 0. The van der Waals surface area contributed by atoms with Crippen molar-refractivity contribution < 1.29 is 12.7 Å². The maximum absolute atomic E-state index is 9.00. The standard InChI is InChI=1S/C2H4O2.Bi.O.H/c1-2(3)4;;;/h1H3,(H,3,4);;;. The first-order chi connectivity index (χ1) is 2.73. The van der Waals surface area contributed by atoms with E-state index in [1.54, 1.807) is 0 Å². The summed E-state index contributed by atoms with van der Waals surface area (Å²) in [5, 5.41) is 7.42. The van der Waals surface area contributed by atoms with E-state index in [1.807, 2.05) is 0 Å². The summed E-state index contributed by atoms with van der Waals surface area (Å²) in [7, 11) is 0. The fraction of sp³-hybridized carbons (Fsp3) is 0.500. The number of carboxylic acid groups (broad SMARTS) is 1. The zero-order valence-corrected chi connectivity index (χ0v) is 7.15. The number of carboxylic acids is 1. The molecule has 0 atom stereocenters. The van der Waals surface area contributed by atoms with E-state index in [-0.39, 0.29) is 24.7 Å². The second kappa shape index (κ2) is 8.94. The molecule has 0 aromatic rings. The van der Waals surface area contributed by atoms with Crippen LogP contribution in [-0.4, -0.2) is 35.8 Å². The van der Waals surface area contributed by atoms with Gasteiger partial charge in [0.1, 0.15) is 0 Å². The molecule has 0 saturated heterocycles. The Balaban J connectivity index is 0. The van der Waals surface area contributed by atoms with Gasteiger partial charge >= 0.3 is 27.5 Å². The van der Waals surface area contributed by atoms with Crippen molar-refractivity contribution >= 4 is 30.7 Å². The minimum atomic E-state index is -0.833. The Morgan fingerprint density at radius 1 is 1.67 bits per heavy atom. The van der Waals surface area contributed by atoms with Crippen molar-refractivity contribution in [1.29, 1.82) is 0 Å². The van der Waals surface area contributed by atoms with Gasteiger partial charge in [-0.1, -0.05) is 0 Å². The van der Waals surface area contributed by atoms with Crippen molar-refractivity contribution in [2.24, 2.45) is 0 Å². The Kier molecular flexibility index (Phi) is 14.1. The third kappa shape index (κ3) is 1760. The average molecular weight is 286 g/mol. The Morgan fingerprint density at radius 3 is 1.67 bits per heavy atom. The van der Waals surface area contributed by atoms with E-state index in [9.17, 15) is 0 Å². The molecule has 0 rings (SSSR count). The van der Waals surface area contributed by atoms with Crippen LogP contribution in [-0.2, 0) is 7.61 Å². The van der Waals surface area contributed by atoms with Crippen LogP contribution in [0, 0.1) is 0 Å². The van der Waals surface area contributed by atoms with Crippen LogP contribution in [0.1, 0.15) is 6.92 Å². The number of hydrogen-bond acceptors (Lipinski definition) is 2. The van der Waals surface area contributed by atoms with E-state index >= 15 is 0 Å². The van der Waals surface area contributed by atoms with Crippen LogP contribution in [0.5, 0.6) is 0 Å². The number of rotatable bonds is 0. The van der Waals surface area contributed by atoms with E-state index in [0.29, 0.717) is 0 Å². The van der Waals surface area contributed by atoms with Crippen molar-refractivity contribution in [3.05, 3.63) is 0 Å². The van der Waals surface area contributed by atoms with Gasteiger partial charge in [-0.3, -0.25) is 4.79 Å². The topological polar surface area (TPSA) is 54.4 Å². The predicted molar refractivity (Wildman–Crippen MR) is 21.1 cm³/mol. The van der Waals surface area contributed by atoms with Gasteiger partial charge in [-0.05, 0) is 0 Å². The SMILES string of the molecule is CC(=O)O.[O]=[BiH]. The first-order valence-corrected chi connectivity index (χ1v) is 2.72. The molecule has 0 radical (unpaired) electrons. The van der Waals surface area contributed by atoms with Gasteiger partial charge in [0, 0.05) is 6.92 Å². The van der Waals surface area contributed by atoms with Crippen LogP contribution in [0.25, 0.3) is 0 Å². The van der Waals surface area contributed by atoms with Crippen LogP contribution in [0.15, 0.2) is 0 Å². The summed E-state index contributed by atoms with van der Waals surface area (Å²) in [5.74, 6) is -0.833. The van der Waals surface area contributed by atoms with Gasteiger partial charge in [-0.25, -0.2) is 0 Å². The average Bonchev–Trinajstić information content (AvgIpc) is 1.41. The molecular weight excluding hydrogens is 281 g/mol. The number of hydrogen-bond donors (Lipinski definition) is 1. The fourth-order valence-electron chi connectivity index (χ4n) is 0.